The van der Waals surface area contributed by atoms with Gasteiger partial charge in [0.2, 0.25) is 0 Å². The smallest absolute Gasteiger partial charge is 0.267 e. The van der Waals surface area contributed by atoms with E-state index in [0.29, 0.717) is 0 Å². The van der Waals surface area contributed by atoms with Crippen molar-refractivity contribution in [3.63, 3.8) is 0 Å². The van der Waals surface area contributed by atoms with Crippen LogP contribution in [0.4, 0.5) is 0 Å². The lowest BCUT2D eigenvalue weighted by molar-refractivity contribution is 0.0945. The molecule has 0 saturated heterocycles. The highest BCUT2D eigenvalue weighted by atomic mass is 127. The Morgan fingerprint density at radius 3 is 2.80 bits per heavy atom. The van der Waals surface area contributed by atoms with Crippen LogP contribution in [0.25, 0.3) is 0 Å². The fourth-order valence-electron chi connectivity index (χ4n) is 1.42. The highest BCUT2D eigenvalue weighted by Crippen LogP contribution is 2.09. The molecule has 0 bridgehead atoms. The van der Waals surface area contributed by atoms with Crippen LogP contribution in [0.5, 0.6) is 0 Å². The second kappa shape index (κ2) is 6.15. The quantitative estimate of drug-likeness (QED) is 0.657. The van der Waals surface area contributed by atoms with Gasteiger partial charge < -0.3 is 9.88 Å². The van der Waals surface area contributed by atoms with Crippen molar-refractivity contribution in [2.75, 3.05) is 6.54 Å². The number of aromatic nitrogens is 1. The lowest BCUT2D eigenvalue weighted by Gasteiger charge is -2.05. The summed E-state index contributed by atoms with van der Waals surface area (Å²) in [6, 6.07) is 1.90. The molecule has 0 aromatic carbocycles. The van der Waals surface area contributed by atoms with Crippen molar-refractivity contribution >= 4 is 28.5 Å². The lowest BCUT2D eigenvalue weighted by atomic mass is 10.2. The Kier molecular flexibility index (Phi) is 5.14. The molecular weight excluding hydrogens is 303 g/mol. The van der Waals surface area contributed by atoms with E-state index in [-0.39, 0.29) is 5.91 Å². The zero-order chi connectivity index (χ0) is 11.3. The largest absolute Gasteiger partial charge is 0.351 e. The Morgan fingerprint density at radius 2 is 2.27 bits per heavy atom. The molecule has 4 heteroatoms. The standard InChI is InChI=1S/C11H17IN2O/c1-3-4-5-6-13-11(15)10-7-9(12)8-14(10)2/h7-8H,3-6H2,1-2H3,(H,13,15). The van der Waals surface area contributed by atoms with Crippen LogP contribution in [0.1, 0.15) is 36.7 Å². The van der Waals surface area contributed by atoms with Gasteiger partial charge in [-0.05, 0) is 35.1 Å². The number of hydrogen-bond acceptors (Lipinski definition) is 1. The van der Waals surface area contributed by atoms with Gasteiger partial charge in [-0.2, -0.15) is 0 Å². The van der Waals surface area contributed by atoms with Crippen LogP contribution in [0.2, 0.25) is 0 Å². The summed E-state index contributed by atoms with van der Waals surface area (Å²) < 4.78 is 2.95. The summed E-state index contributed by atoms with van der Waals surface area (Å²) in [6.07, 6.45) is 5.36. The summed E-state index contributed by atoms with van der Waals surface area (Å²) in [5.74, 6) is 0.0246. The number of hydrogen-bond donors (Lipinski definition) is 1. The third-order valence-corrected chi connectivity index (χ3v) is 2.86. The van der Waals surface area contributed by atoms with Gasteiger partial charge in [0.15, 0.2) is 0 Å². The summed E-state index contributed by atoms with van der Waals surface area (Å²) in [6.45, 7) is 2.93. The van der Waals surface area contributed by atoms with Crippen molar-refractivity contribution < 1.29 is 4.79 Å². The molecule has 0 saturated carbocycles. The van der Waals surface area contributed by atoms with Gasteiger partial charge >= 0.3 is 0 Å². The average molecular weight is 320 g/mol. The van der Waals surface area contributed by atoms with Crippen LogP contribution in [0.15, 0.2) is 12.3 Å². The van der Waals surface area contributed by atoms with Gasteiger partial charge in [0.25, 0.3) is 5.91 Å². The van der Waals surface area contributed by atoms with Crippen LogP contribution in [-0.4, -0.2) is 17.0 Å². The van der Waals surface area contributed by atoms with E-state index in [9.17, 15) is 4.79 Å². The van der Waals surface area contributed by atoms with Crippen molar-refractivity contribution in [3.8, 4) is 0 Å². The molecule has 15 heavy (non-hydrogen) atoms. The van der Waals surface area contributed by atoms with Crippen molar-refractivity contribution in [1.82, 2.24) is 9.88 Å². The van der Waals surface area contributed by atoms with Gasteiger partial charge in [-0.3, -0.25) is 4.79 Å². The second-order valence-corrected chi connectivity index (χ2v) is 4.86. The number of nitrogens with zero attached hydrogens (tertiary/aromatic N) is 1. The van der Waals surface area contributed by atoms with Gasteiger partial charge in [0.1, 0.15) is 5.69 Å². The van der Waals surface area contributed by atoms with Gasteiger partial charge in [-0.15, -0.1) is 0 Å². The van der Waals surface area contributed by atoms with Crippen LogP contribution >= 0.6 is 22.6 Å². The molecule has 0 radical (unpaired) electrons. The van der Waals surface area contributed by atoms with Gasteiger partial charge in [-0.1, -0.05) is 19.8 Å². The maximum atomic E-state index is 11.7. The van der Waals surface area contributed by atoms with E-state index in [1.165, 1.54) is 12.8 Å². The summed E-state index contributed by atoms with van der Waals surface area (Å²) in [5.41, 5.74) is 0.732. The first-order valence-corrected chi connectivity index (χ1v) is 6.33. The third-order valence-electron chi connectivity index (χ3n) is 2.27. The Labute approximate surface area is 104 Å². The summed E-state index contributed by atoms with van der Waals surface area (Å²) in [7, 11) is 1.89. The molecule has 0 aliphatic rings. The minimum absolute atomic E-state index is 0.0246. The number of amides is 1. The molecule has 1 N–H and O–H groups in total. The van der Waals surface area contributed by atoms with E-state index in [1.807, 2.05) is 23.9 Å². The first-order valence-electron chi connectivity index (χ1n) is 5.25. The molecule has 0 unspecified atom stereocenters. The predicted octanol–water partition coefficient (Wildman–Crippen LogP) is 2.55. The van der Waals surface area contributed by atoms with E-state index >= 15 is 0 Å². The molecule has 1 amide bonds. The van der Waals surface area contributed by atoms with Crippen LogP contribution in [-0.2, 0) is 7.05 Å². The van der Waals surface area contributed by atoms with Crippen molar-refractivity contribution in [2.24, 2.45) is 7.05 Å². The number of nitrogens with one attached hydrogen (secondary N) is 1. The monoisotopic (exact) mass is 320 g/mol. The average Bonchev–Trinajstić information content (AvgIpc) is 2.52. The summed E-state index contributed by atoms with van der Waals surface area (Å²) >= 11 is 2.21. The first-order chi connectivity index (χ1) is 7.15. The van der Waals surface area contributed by atoms with Crippen LogP contribution in [0.3, 0.4) is 0 Å². The Bertz CT molecular complexity index is 333. The Balaban J connectivity index is 2.43. The van der Waals surface area contributed by atoms with Gasteiger partial charge in [-0.25, -0.2) is 0 Å². The Morgan fingerprint density at radius 1 is 1.53 bits per heavy atom. The van der Waals surface area contributed by atoms with Crippen molar-refractivity contribution in [1.29, 1.82) is 0 Å². The molecular formula is C11H17IN2O. The van der Waals surface area contributed by atoms with Crippen LogP contribution in [0, 0.1) is 3.57 Å². The zero-order valence-corrected chi connectivity index (χ0v) is 11.4. The third kappa shape index (κ3) is 3.85. The van der Waals surface area contributed by atoms with Crippen molar-refractivity contribution in [3.05, 3.63) is 21.5 Å². The van der Waals surface area contributed by atoms with Crippen LogP contribution < -0.4 is 5.32 Å². The number of aryl methyl sites for hydroxylation is 1. The number of halogens is 1. The highest BCUT2D eigenvalue weighted by Gasteiger charge is 2.09. The number of rotatable bonds is 5. The molecule has 3 nitrogen and oxygen atoms in total. The maximum Gasteiger partial charge on any atom is 0.267 e. The molecule has 84 valence electrons. The zero-order valence-electron chi connectivity index (χ0n) is 9.22. The molecule has 0 aliphatic carbocycles. The molecule has 0 atom stereocenters. The summed E-state index contributed by atoms with van der Waals surface area (Å²) in [5, 5.41) is 2.92. The fourth-order valence-corrected chi connectivity index (χ4v) is 2.13. The first kappa shape index (κ1) is 12.5. The minimum Gasteiger partial charge on any atom is -0.351 e. The normalized spacial score (nSPS) is 10.3. The molecule has 0 aliphatic heterocycles. The number of carbonyl (C=O) groups is 1. The summed E-state index contributed by atoms with van der Waals surface area (Å²) in [4.78, 5) is 11.7. The number of carbonyl (C=O) groups excluding carboxylic acids is 1. The molecule has 0 fully saturated rings. The molecule has 1 heterocycles. The predicted molar refractivity (Wildman–Crippen MR) is 70.0 cm³/mol. The van der Waals surface area contributed by atoms with Gasteiger partial charge in [0.05, 0.1) is 0 Å². The molecule has 1 rings (SSSR count). The van der Waals surface area contributed by atoms with E-state index < -0.39 is 0 Å². The second-order valence-electron chi connectivity index (χ2n) is 3.62. The van der Waals surface area contributed by atoms with Gasteiger partial charge in [0, 0.05) is 23.4 Å². The van der Waals surface area contributed by atoms with E-state index in [2.05, 4.69) is 34.8 Å². The Hall–Kier alpha value is -0.520. The lowest BCUT2D eigenvalue weighted by Crippen LogP contribution is -2.26. The van der Waals surface area contributed by atoms with Crippen molar-refractivity contribution in [2.45, 2.75) is 26.2 Å². The maximum absolute atomic E-state index is 11.7. The van der Waals surface area contributed by atoms with E-state index in [0.717, 1.165) is 22.2 Å². The molecule has 0 spiro atoms. The van der Waals surface area contributed by atoms with E-state index in [1.54, 1.807) is 0 Å². The SMILES string of the molecule is CCCCCNC(=O)c1cc(I)cn1C. The number of unbranched alkanes of at least 4 members (excludes halogenated alkanes) is 2. The topological polar surface area (TPSA) is 34.0 Å². The highest BCUT2D eigenvalue weighted by molar-refractivity contribution is 14.1. The molecule has 1 aromatic rings. The fraction of sp³-hybridized carbons (Fsp3) is 0.545. The minimum atomic E-state index is 0.0246. The van der Waals surface area contributed by atoms with E-state index in [4.69, 9.17) is 0 Å². The molecule has 1 aromatic heterocycles.